The van der Waals surface area contributed by atoms with Crippen LogP contribution in [0.3, 0.4) is 0 Å². The number of piperazine rings is 1. The maximum atomic E-state index is 12.8. The third-order valence-electron chi connectivity index (χ3n) is 5.97. The van der Waals surface area contributed by atoms with Crippen molar-refractivity contribution >= 4 is 27.9 Å². The van der Waals surface area contributed by atoms with Gasteiger partial charge in [-0.15, -0.1) is 0 Å². The summed E-state index contributed by atoms with van der Waals surface area (Å²) in [4.78, 5) is 30.4. The van der Waals surface area contributed by atoms with E-state index in [9.17, 15) is 9.59 Å². The first-order valence-corrected chi connectivity index (χ1v) is 12.2. The number of nitrogens with one attached hydrogen (secondary N) is 1. The van der Waals surface area contributed by atoms with Gasteiger partial charge in [0, 0.05) is 55.4 Å². The van der Waals surface area contributed by atoms with Crippen LogP contribution < -0.4 is 10.1 Å². The minimum absolute atomic E-state index is 0.00607. The maximum Gasteiger partial charge on any atom is 0.317 e. The number of carbonyl (C=O) groups excluding carboxylic acids is 2. The Kier molecular flexibility index (Phi) is 9.14. The third-order valence-corrected chi connectivity index (χ3v) is 6.47. The number of hydrogen-bond donors (Lipinski definition) is 1. The molecule has 2 aromatic carbocycles. The zero-order valence-electron chi connectivity index (χ0n) is 19.6. The van der Waals surface area contributed by atoms with Crippen LogP contribution >= 0.6 is 15.9 Å². The second-order valence-electron chi connectivity index (χ2n) is 8.03. The van der Waals surface area contributed by atoms with Crippen LogP contribution in [-0.2, 0) is 13.2 Å². The molecule has 1 aliphatic rings. The molecule has 0 spiro atoms. The minimum atomic E-state index is -0.0996. The van der Waals surface area contributed by atoms with E-state index in [1.165, 1.54) is 0 Å². The highest BCUT2D eigenvalue weighted by Gasteiger charge is 2.24. The molecule has 0 aromatic heterocycles. The van der Waals surface area contributed by atoms with Gasteiger partial charge in [0.15, 0.2) is 0 Å². The predicted molar refractivity (Wildman–Crippen MR) is 133 cm³/mol. The number of carbonyl (C=O) groups is 2. The van der Waals surface area contributed by atoms with Gasteiger partial charge >= 0.3 is 6.03 Å². The average molecular weight is 517 g/mol. The van der Waals surface area contributed by atoms with E-state index in [0.29, 0.717) is 38.3 Å². The Morgan fingerprint density at radius 2 is 1.64 bits per heavy atom. The SMILES string of the molecule is CCN(CC)Cc1cc(Br)ccc1OCc1ccc(C(=O)N2CCN(C(=O)NC)CC2)cc1. The zero-order chi connectivity index (χ0) is 23.8. The first kappa shape index (κ1) is 25.1. The predicted octanol–water partition coefficient (Wildman–Crippen LogP) is 3.97. The van der Waals surface area contributed by atoms with Crippen molar-refractivity contribution in [1.82, 2.24) is 20.0 Å². The van der Waals surface area contributed by atoms with Gasteiger partial charge < -0.3 is 19.9 Å². The van der Waals surface area contributed by atoms with Crippen molar-refractivity contribution in [2.75, 3.05) is 46.3 Å². The van der Waals surface area contributed by atoms with E-state index in [2.05, 4.69) is 46.1 Å². The normalized spacial score (nSPS) is 13.8. The standard InChI is InChI=1S/C25H33BrN4O3/c1-4-28(5-2)17-21-16-22(26)10-11-23(21)33-18-19-6-8-20(9-7-19)24(31)29-12-14-30(15-13-29)25(32)27-3/h6-11,16H,4-5,12-15,17-18H2,1-3H3,(H,27,32). The number of benzene rings is 2. The summed E-state index contributed by atoms with van der Waals surface area (Å²) < 4.78 is 7.18. The van der Waals surface area contributed by atoms with Crippen molar-refractivity contribution in [1.29, 1.82) is 0 Å². The van der Waals surface area contributed by atoms with Gasteiger partial charge in [-0.05, 0) is 49.0 Å². The number of hydrogen-bond acceptors (Lipinski definition) is 4. The second-order valence-corrected chi connectivity index (χ2v) is 8.95. The maximum absolute atomic E-state index is 12.8. The number of nitrogens with zero attached hydrogens (tertiary/aromatic N) is 3. The van der Waals surface area contributed by atoms with Crippen molar-refractivity contribution in [3.05, 3.63) is 63.6 Å². The summed E-state index contributed by atoms with van der Waals surface area (Å²) in [5.74, 6) is 0.868. The summed E-state index contributed by atoms with van der Waals surface area (Å²) in [7, 11) is 1.62. The van der Waals surface area contributed by atoms with Crippen LogP contribution in [0.25, 0.3) is 0 Å². The number of rotatable bonds is 8. The zero-order valence-corrected chi connectivity index (χ0v) is 21.2. The molecule has 0 bridgehead atoms. The van der Waals surface area contributed by atoms with Crippen molar-refractivity contribution < 1.29 is 14.3 Å². The molecular formula is C25H33BrN4O3. The molecule has 1 saturated heterocycles. The van der Waals surface area contributed by atoms with Crippen molar-refractivity contribution in [2.24, 2.45) is 0 Å². The molecule has 0 saturated carbocycles. The van der Waals surface area contributed by atoms with Crippen LogP contribution in [0.5, 0.6) is 5.75 Å². The lowest BCUT2D eigenvalue weighted by molar-refractivity contribution is 0.0666. The molecular weight excluding hydrogens is 484 g/mol. The molecule has 1 heterocycles. The Morgan fingerprint density at radius 1 is 1.00 bits per heavy atom. The summed E-state index contributed by atoms with van der Waals surface area (Å²) in [5.41, 5.74) is 2.81. The molecule has 7 nitrogen and oxygen atoms in total. The molecule has 1 aliphatic heterocycles. The molecule has 3 amide bonds. The fraction of sp³-hybridized carbons (Fsp3) is 0.440. The molecule has 1 fully saturated rings. The highest BCUT2D eigenvalue weighted by Crippen LogP contribution is 2.25. The molecule has 3 rings (SSSR count). The van der Waals surface area contributed by atoms with Crippen molar-refractivity contribution in [3.63, 3.8) is 0 Å². The summed E-state index contributed by atoms with van der Waals surface area (Å²) in [6.07, 6.45) is 0. The van der Waals surface area contributed by atoms with Crippen LogP contribution in [0, 0.1) is 0 Å². The molecule has 0 radical (unpaired) electrons. The topological polar surface area (TPSA) is 65.1 Å². The summed E-state index contributed by atoms with van der Waals surface area (Å²) in [6, 6.07) is 13.6. The lowest BCUT2D eigenvalue weighted by Crippen LogP contribution is -2.52. The first-order valence-electron chi connectivity index (χ1n) is 11.4. The molecule has 0 unspecified atom stereocenters. The van der Waals surface area contributed by atoms with Crippen LogP contribution in [0.2, 0.25) is 0 Å². The Morgan fingerprint density at radius 3 is 2.24 bits per heavy atom. The van der Waals surface area contributed by atoms with Gasteiger partial charge in [-0.25, -0.2) is 4.79 Å². The lowest BCUT2D eigenvalue weighted by atomic mass is 10.1. The van der Waals surface area contributed by atoms with Gasteiger partial charge in [-0.3, -0.25) is 9.69 Å². The lowest BCUT2D eigenvalue weighted by Gasteiger charge is -2.34. The molecule has 33 heavy (non-hydrogen) atoms. The van der Waals surface area contributed by atoms with E-state index in [-0.39, 0.29) is 11.9 Å². The van der Waals surface area contributed by atoms with Crippen LogP contribution in [-0.4, -0.2) is 73.0 Å². The summed E-state index contributed by atoms with van der Waals surface area (Å²) in [5, 5.41) is 2.63. The van der Waals surface area contributed by atoms with Gasteiger partial charge in [0.2, 0.25) is 0 Å². The van der Waals surface area contributed by atoms with Crippen molar-refractivity contribution in [2.45, 2.75) is 27.0 Å². The molecule has 2 aromatic rings. The van der Waals surface area contributed by atoms with Gasteiger partial charge in [0.25, 0.3) is 5.91 Å². The Balaban J connectivity index is 1.58. The van der Waals surface area contributed by atoms with Crippen LogP contribution in [0.1, 0.15) is 35.3 Å². The van der Waals surface area contributed by atoms with E-state index < -0.39 is 0 Å². The summed E-state index contributed by atoms with van der Waals surface area (Å²) >= 11 is 3.56. The fourth-order valence-electron chi connectivity index (χ4n) is 3.86. The molecule has 8 heteroatoms. The number of ether oxygens (including phenoxy) is 1. The second kappa shape index (κ2) is 12.0. The molecule has 0 aliphatic carbocycles. The van der Waals surface area contributed by atoms with Gasteiger partial charge in [-0.2, -0.15) is 0 Å². The smallest absolute Gasteiger partial charge is 0.317 e. The highest BCUT2D eigenvalue weighted by molar-refractivity contribution is 9.10. The molecule has 178 valence electrons. The van der Waals surface area contributed by atoms with Gasteiger partial charge in [0.05, 0.1) is 0 Å². The van der Waals surface area contributed by atoms with E-state index >= 15 is 0 Å². The number of amides is 3. The van der Waals surface area contributed by atoms with E-state index in [4.69, 9.17) is 4.74 Å². The van der Waals surface area contributed by atoms with E-state index in [1.54, 1.807) is 16.8 Å². The van der Waals surface area contributed by atoms with Crippen molar-refractivity contribution in [3.8, 4) is 5.75 Å². The highest BCUT2D eigenvalue weighted by atomic mass is 79.9. The van der Waals surface area contributed by atoms with Crippen LogP contribution in [0.15, 0.2) is 46.9 Å². The Labute approximate surface area is 204 Å². The average Bonchev–Trinajstić information content (AvgIpc) is 2.86. The Bertz CT molecular complexity index is 939. The monoisotopic (exact) mass is 516 g/mol. The van der Waals surface area contributed by atoms with E-state index in [0.717, 1.165) is 41.0 Å². The van der Waals surface area contributed by atoms with Gasteiger partial charge in [-0.1, -0.05) is 41.9 Å². The third kappa shape index (κ3) is 6.71. The van der Waals surface area contributed by atoms with Crippen LogP contribution in [0.4, 0.5) is 4.79 Å². The quantitative estimate of drug-likeness (QED) is 0.576. The van der Waals surface area contributed by atoms with Gasteiger partial charge in [0.1, 0.15) is 12.4 Å². The largest absolute Gasteiger partial charge is 0.489 e. The minimum Gasteiger partial charge on any atom is -0.489 e. The summed E-state index contributed by atoms with van der Waals surface area (Å²) in [6.45, 7) is 9.72. The molecule has 0 atom stereocenters. The fourth-order valence-corrected chi connectivity index (χ4v) is 4.27. The Hall–Kier alpha value is -2.58. The number of halogens is 1. The molecule has 1 N–H and O–H groups in total. The number of urea groups is 1. The first-order chi connectivity index (χ1) is 15.9. The van der Waals surface area contributed by atoms with E-state index in [1.807, 2.05) is 36.4 Å².